The summed E-state index contributed by atoms with van der Waals surface area (Å²) in [6, 6.07) is 8.13. The van der Waals surface area contributed by atoms with Gasteiger partial charge in [0.05, 0.1) is 0 Å². The Morgan fingerprint density at radius 1 is 1.43 bits per heavy atom. The van der Waals surface area contributed by atoms with Crippen LogP contribution >= 0.6 is 0 Å². The third kappa shape index (κ3) is 3.12. The molecule has 1 saturated carbocycles. The summed E-state index contributed by atoms with van der Waals surface area (Å²) in [6.45, 7) is 2.38. The molecule has 1 unspecified atom stereocenters. The molecule has 2 aromatic rings. The zero-order chi connectivity index (χ0) is 14.8. The van der Waals surface area contributed by atoms with Crippen molar-refractivity contribution >= 4 is 5.91 Å². The van der Waals surface area contributed by atoms with Crippen LogP contribution < -0.4 is 0 Å². The van der Waals surface area contributed by atoms with Crippen LogP contribution in [0.25, 0.3) is 0 Å². The molecule has 1 aliphatic rings. The Morgan fingerprint density at radius 2 is 2.14 bits per heavy atom. The van der Waals surface area contributed by atoms with Crippen LogP contribution in [0.2, 0.25) is 0 Å². The normalized spacial score (nSPS) is 15.7. The molecule has 1 fully saturated rings. The number of carbonyl (C=O) groups excluding carboxylic acids is 1. The average Bonchev–Trinajstić information content (AvgIpc) is 3.18. The van der Waals surface area contributed by atoms with E-state index >= 15 is 0 Å². The predicted octanol–water partition coefficient (Wildman–Crippen LogP) is 2.77. The van der Waals surface area contributed by atoms with Gasteiger partial charge < -0.3 is 4.90 Å². The lowest BCUT2D eigenvalue weighted by atomic mass is 10.2. The van der Waals surface area contributed by atoms with Gasteiger partial charge in [0.15, 0.2) is 0 Å². The number of rotatable bonds is 5. The highest BCUT2D eigenvalue weighted by Gasteiger charge is 2.35. The molecule has 110 valence electrons. The summed E-state index contributed by atoms with van der Waals surface area (Å²) >= 11 is 0. The van der Waals surface area contributed by atoms with Crippen molar-refractivity contribution in [2.45, 2.75) is 38.4 Å². The summed E-state index contributed by atoms with van der Waals surface area (Å²) in [4.78, 5) is 14.6. The monoisotopic (exact) mass is 287 g/mol. The predicted molar refractivity (Wildman–Crippen MR) is 76.9 cm³/mol. The molecule has 0 saturated heterocycles. The van der Waals surface area contributed by atoms with E-state index in [4.69, 9.17) is 0 Å². The first-order valence-corrected chi connectivity index (χ1v) is 7.19. The molecule has 5 heteroatoms. The number of amides is 1. The molecule has 21 heavy (non-hydrogen) atoms. The fraction of sp³-hybridized carbons (Fsp3) is 0.375. The second kappa shape index (κ2) is 5.68. The van der Waals surface area contributed by atoms with Gasteiger partial charge in [-0.05, 0) is 43.5 Å². The van der Waals surface area contributed by atoms with Crippen molar-refractivity contribution in [2.24, 2.45) is 0 Å². The van der Waals surface area contributed by atoms with E-state index in [0.29, 0.717) is 12.6 Å². The van der Waals surface area contributed by atoms with Crippen molar-refractivity contribution in [2.75, 3.05) is 0 Å². The van der Waals surface area contributed by atoms with Crippen molar-refractivity contribution in [1.82, 2.24) is 14.7 Å². The van der Waals surface area contributed by atoms with Crippen molar-refractivity contribution in [3.63, 3.8) is 0 Å². The number of hydrogen-bond donors (Lipinski definition) is 0. The quantitative estimate of drug-likeness (QED) is 0.848. The summed E-state index contributed by atoms with van der Waals surface area (Å²) in [5.41, 5.74) is 0.948. The van der Waals surface area contributed by atoms with E-state index in [1.807, 2.05) is 17.9 Å². The Kier molecular flexibility index (Phi) is 3.73. The van der Waals surface area contributed by atoms with E-state index in [0.717, 1.165) is 18.4 Å². The highest BCUT2D eigenvalue weighted by molar-refractivity contribution is 5.80. The van der Waals surface area contributed by atoms with Crippen LogP contribution in [-0.4, -0.2) is 26.6 Å². The zero-order valence-electron chi connectivity index (χ0n) is 11.9. The van der Waals surface area contributed by atoms with Crippen molar-refractivity contribution in [1.29, 1.82) is 0 Å². The lowest BCUT2D eigenvalue weighted by Crippen LogP contribution is -2.37. The third-order valence-corrected chi connectivity index (χ3v) is 3.82. The molecular weight excluding hydrogens is 269 g/mol. The minimum absolute atomic E-state index is 0.0607. The van der Waals surface area contributed by atoms with Crippen molar-refractivity contribution in [3.8, 4) is 0 Å². The first-order valence-electron chi connectivity index (χ1n) is 7.19. The summed E-state index contributed by atoms with van der Waals surface area (Å²) in [5.74, 6) is -0.196. The van der Waals surface area contributed by atoms with Gasteiger partial charge in [0.1, 0.15) is 11.9 Å². The standard InChI is InChI=1S/C16H18FN3O/c1-12(20-10-2-9-18-20)16(21)19(15-7-8-15)11-13-3-5-14(17)6-4-13/h2-6,9-10,12,15H,7-8,11H2,1H3. The van der Waals surface area contributed by atoms with Gasteiger partial charge in [0.25, 0.3) is 0 Å². The molecule has 0 radical (unpaired) electrons. The molecule has 1 aromatic carbocycles. The second-order valence-corrected chi connectivity index (χ2v) is 5.49. The smallest absolute Gasteiger partial charge is 0.247 e. The van der Waals surface area contributed by atoms with Crippen LogP contribution in [0.3, 0.4) is 0 Å². The maximum Gasteiger partial charge on any atom is 0.247 e. The van der Waals surface area contributed by atoms with Gasteiger partial charge in [-0.2, -0.15) is 5.10 Å². The Bertz CT molecular complexity index is 605. The number of carbonyl (C=O) groups is 1. The third-order valence-electron chi connectivity index (χ3n) is 3.82. The van der Waals surface area contributed by atoms with E-state index in [2.05, 4.69) is 5.10 Å². The molecule has 3 rings (SSSR count). The molecule has 0 bridgehead atoms. The molecule has 4 nitrogen and oxygen atoms in total. The lowest BCUT2D eigenvalue weighted by molar-refractivity contribution is -0.135. The van der Waals surface area contributed by atoms with Gasteiger partial charge in [0.2, 0.25) is 5.91 Å². The summed E-state index contributed by atoms with van der Waals surface area (Å²) in [6.07, 6.45) is 5.55. The molecule has 0 aliphatic heterocycles. The lowest BCUT2D eigenvalue weighted by Gasteiger charge is -2.26. The molecule has 1 amide bonds. The fourth-order valence-corrected chi connectivity index (χ4v) is 2.42. The average molecular weight is 287 g/mol. The molecule has 0 spiro atoms. The van der Waals surface area contributed by atoms with E-state index in [9.17, 15) is 9.18 Å². The Balaban J connectivity index is 1.75. The molecule has 1 aliphatic carbocycles. The minimum atomic E-state index is -0.318. The molecule has 0 N–H and O–H groups in total. The van der Waals surface area contributed by atoms with E-state index in [-0.39, 0.29) is 17.8 Å². The minimum Gasteiger partial charge on any atom is -0.334 e. The first kappa shape index (κ1) is 13.8. The summed E-state index contributed by atoms with van der Waals surface area (Å²) in [5, 5.41) is 4.14. The van der Waals surface area contributed by atoms with Gasteiger partial charge in [-0.3, -0.25) is 9.48 Å². The molecule has 1 atom stereocenters. The SMILES string of the molecule is CC(C(=O)N(Cc1ccc(F)cc1)C1CC1)n1cccn1. The number of aromatic nitrogens is 2. The van der Waals surface area contributed by atoms with Crippen molar-refractivity contribution in [3.05, 3.63) is 54.1 Å². The van der Waals surface area contributed by atoms with E-state index in [1.54, 1.807) is 29.2 Å². The molecular formula is C16H18FN3O. The van der Waals surface area contributed by atoms with Crippen LogP contribution in [0.4, 0.5) is 4.39 Å². The number of benzene rings is 1. The largest absolute Gasteiger partial charge is 0.334 e. The van der Waals surface area contributed by atoms with Crippen LogP contribution in [0, 0.1) is 5.82 Å². The Morgan fingerprint density at radius 3 is 2.71 bits per heavy atom. The molecule has 1 heterocycles. The van der Waals surface area contributed by atoms with Crippen LogP contribution in [0.15, 0.2) is 42.7 Å². The Hall–Kier alpha value is -2.17. The Labute approximate surface area is 123 Å². The topological polar surface area (TPSA) is 38.1 Å². The highest BCUT2D eigenvalue weighted by atomic mass is 19.1. The summed E-state index contributed by atoms with van der Waals surface area (Å²) < 4.78 is 14.6. The second-order valence-electron chi connectivity index (χ2n) is 5.49. The van der Waals surface area contributed by atoms with Crippen LogP contribution in [-0.2, 0) is 11.3 Å². The maximum absolute atomic E-state index is 13.0. The fourth-order valence-electron chi connectivity index (χ4n) is 2.42. The van der Waals surface area contributed by atoms with Crippen LogP contribution in [0.1, 0.15) is 31.4 Å². The van der Waals surface area contributed by atoms with Crippen LogP contribution in [0.5, 0.6) is 0 Å². The number of hydrogen-bond acceptors (Lipinski definition) is 2. The van der Waals surface area contributed by atoms with Gasteiger partial charge in [-0.1, -0.05) is 12.1 Å². The number of nitrogens with zero attached hydrogens (tertiary/aromatic N) is 3. The highest BCUT2D eigenvalue weighted by Crippen LogP contribution is 2.30. The van der Waals surface area contributed by atoms with E-state index in [1.165, 1.54) is 12.1 Å². The van der Waals surface area contributed by atoms with Gasteiger partial charge >= 0.3 is 0 Å². The van der Waals surface area contributed by atoms with Gasteiger partial charge in [-0.25, -0.2) is 4.39 Å². The maximum atomic E-state index is 13.0. The van der Waals surface area contributed by atoms with Gasteiger partial charge in [0, 0.05) is 25.0 Å². The zero-order valence-corrected chi connectivity index (χ0v) is 11.9. The van der Waals surface area contributed by atoms with E-state index < -0.39 is 0 Å². The molecule has 1 aromatic heterocycles. The number of halogens is 1. The summed E-state index contributed by atoms with van der Waals surface area (Å²) in [7, 11) is 0. The van der Waals surface area contributed by atoms with Crippen molar-refractivity contribution < 1.29 is 9.18 Å². The van der Waals surface area contributed by atoms with Gasteiger partial charge in [-0.15, -0.1) is 0 Å². The first-order chi connectivity index (χ1) is 10.1.